The number of hydrogen-bond donors (Lipinski definition) is 0. The second-order valence-corrected chi connectivity index (χ2v) is 6.77. The van der Waals surface area contributed by atoms with E-state index < -0.39 is 21.7 Å². The van der Waals surface area contributed by atoms with Crippen LogP contribution in [0.5, 0.6) is 11.5 Å². The van der Waals surface area contributed by atoms with E-state index >= 15 is 0 Å². The smallest absolute Gasteiger partial charge is 0.309 e. The predicted octanol–water partition coefficient (Wildman–Crippen LogP) is 1.43. The van der Waals surface area contributed by atoms with Crippen LogP contribution in [-0.2, 0) is 19.4 Å². The maximum Gasteiger partial charge on any atom is 0.309 e. The Bertz CT molecular complexity index is 622. The lowest BCUT2D eigenvalue weighted by Gasteiger charge is -2.19. The average molecular weight is 314 g/mol. The average Bonchev–Trinajstić information content (AvgIpc) is 2.46. The molecule has 1 atom stereocenters. The first-order valence-electron chi connectivity index (χ1n) is 6.73. The minimum Gasteiger partial charge on any atom is -0.486 e. The van der Waals surface area contributed by atoms with Crippen LogP contribution in [0.4, 0.5) is 0 Å². The molecule has 6 nitrogen and oxygen atoms in total. The molecule has 0 saturated heterocycles. The summed E-state index contributed by atoms with van der Waals surface area (Å²) >= 11 is 0. The van der Waals surface area contributed by atoms with E-state index in [1.54, 1.807) is 13.0 Å². The Kier molecular flexibility index (Phi) is 4.72. The van der Waals surface area contributed by atoms with Crippen molar-refractivity contribution in [3.05, 3.63) is 18.2 Å². The molecule has 1 aliphatic heterocycles. The van der Waals surface area contributed by atoms with E-state index in [-0.39, 0.29) is 17.3 Å². The molecule has 0 amide bonds. The van der Waals surface area contributed by atoms with Crippen LogP contribution in [0.25, 0.3) is 0 Å². The van der Waals surface area contributed by atoms with E-state index in [1.165, 1.54) is 19.1 Å². The van der Waals surface area contributed by atoms with Gasteiger partial charge in [-0.3, -0.25) is 4.79 Å². The van der Waals surface area contributed by atoms with Gasteiger partial charge in [-0.05, 0) is 19.1 Å². The van der Waals surface area contributed by atoms with Gasteiger partial charge in [-0.1, -0.05) is 6.92 Å². The summed E-state index contributed by atoms with van der Waals surface area (Å²) in [5.74, 6) is -0.600. The molecule has 1 aromatic carbocycles. The van der Waals surface area contributed by atoms with Crippen LogP contribution in [0, 0.1) is 5.92 Å². The van der Waals surface area contributed by atoms with E-state index in [2.05, 4.69) is 0 Å². The molecule has 1 aromatic rings. The summed E-state index contributed by atoms with van der Waals surface area (Å²) < 4.78 is 40.2. The highest BCUT2D eigenvalue weighted by Crippen LogP contribution is 2.32. The Morgan fingerprint density at radius 3 is 2.62 bits per heavy atom. The Morgan fingerprint density at radius 2 is 1.95 bits per heavy atom. The summed E-state index contributed by atoms with van der Waals surface area (Å²) in [5, 5.41) is 0. The molecule has 7 heteroatoms. The lowest BCUT2D eigenvalue weighted by molar-refractivity contribution is -0.146. The highest BCUT2D eigenvalue weighted by atomic mass is 32.2. The zero-order valence-electron chi connectivity index (χ0n) is 12.0. The van der Waals surface area contributed by atoms with Gasteiger partial charge >= 0.3 is 5.97 Å². The van der Waals surface area contributed by atoms with Gasteiger partial charge in [0.1, 0.15) is 13.2 Å². The molecule has 0 bridgehead atoms. The van der Waals surface area contributed by atoms with Crippen LogP contribution in [0.15, 0.2) is 23.1 Å². The molecule has 2 rings (SSSR count). The quantitative estimate of drug-likeness (QED) is 0.765. The Hall–Kier alpha value is -1.76. The van der Waals surface area contributed by atoms with Crippen molar-refractivity contribution in [2.45, 2.75) is 18.7 Å². The molecule has 21 heavy (non-hydrogen) atoms. The normalized spacial score (nSPS) is 15.3. The third-order valence-electron chi connectivity index (χ3n) is 3.03. The summed E-state index contributed by atoms with van der Waals surface area (Å²) in [6, 6.07) is 4.46. The minimum absolute atomic E-state index is 0.114. The highest BCUT2D eigenvalue weighted by Gasteiger charge is 2.25. The van der Waals surface area contributed by atoms with E-state index in [0.717, 1.165) is 0 Å². The Labute approximate surface area is 123 Å². The third-order valence-corrected chi connectivity index (χ3v) is 4.94. The topological polar surface area (TPSA) is 78.9 Å². The maximum atomic E-state index is 12.3. The van der Waals surface area contributed by atoms with Crippen LogP contribution >= 0.6 is 0 Å². The number of rotatable bonds is 5. The van der Waals surface area contributed by atoms with E-state index in [0.29, 0.717) is 24.7 Å². The number of fused-ring (bicyclic) bond motifs is 1. The van der Waals surface area contributed by atoms with Crippen LogP contribution in [0.2, 0.25) is 0 Å². The van der Waals surface area contributed by atoms with Crippen molar-refractivity contribution < 1.29 is 27.4 Å². The SMILES string of the molecule is CCOC(=O)C(C)CS(=O)(=O)c1ccc2c(c1)OCCO2. The van der Waals surface area contributed by atoms with Gasteiger partial charge in [-0.25, -0.2) is 8.42 Å². The standard InChI is InChI=1S/C14H18O6S/c1-3-18-14(15)10(2)9-21(16,17)11-4-5-12-13(8-11)20-7-6-19-12/h4-5,8,10H,3,6-7,9H2,1-2H3. The molecule has 0 aliphatic carbocycles. The summed E-state index contributed by atoms with van der Waals surface area (Å²) in [4.78, 5) is 11.7. The number of ether oxygens (including phenoxy) is 3. The molecule has 0 aromatic heterocycles. The molecule has 0 spiro atoms. The monoisotopic (exact) mass is 314 g/mol. The van der Waals surface area contributed by atoms with E-state index in [9.17, 15) is 13.2 Å². The van der Waals surface area contributed by atoms with Gasteiger partial charge in [0.05, 0.1) is 23.2 Å². The minimum atomic E-state index is -3.59. The van der Waals surface area contributed by atoms with Crippen molar-refractivity contribution in [2.24, 2.45) is 5.92 Å². The molecule has 0 radical (unpaired) electrons. The van der Waals surface area contributed by atoms with Crippen molar-refractivity contribution in [3.8, 4) is 11.5 Å². The van der Waals surface area contributed by atoms with Gasteiger partial charge in [-0.2, -0.15) is 0 Å². The maximum absolute atomic E-state index is 12.3. The molecule has 0 N–H and O–H groups in total. The van der Waals surface area contributed by atoms with Crippen molar-refractivity contribution in [1.82, 2.24) is 0 Å². The predicted molar refractivity (Wildman–Crippen MR) is 75.3 cm³/mol. The fourth-order valence-electron chi connectivity index (χ4n) is 2.00. The van der Waals surface area contributed by atoms with Crippen molar-refractivity contribution in [2.75, 3.05) is 25.6 Å². The number of hydrogen-bond acceptors (Lipinski definition) is 6. The number of carbonyl (C=O) groups is 1. The molecular formula is C14H18O6S. The molecule has 1 unspecified atom stereocenters. The fourth-order valence-corrected chi connectivity index (χ4v) is 3.54. The number of carbonyl (C=O) groups excluding carboxylic acids is 1. The van der Waals surface area contributed by atoms with Gasteiger partial charge in [0, 0.05) is 6.07 Å². The van der Waals surface area contributed by atoms with Gasteiger partial charge in [0.25, 0.3) is 0 Å². The summed E-state index contributed by atoms with van der Waals surface area (Å²) in [5.41, 5.74) is 0. The highest BCUT2D eigenvalue weighted by molar-refractivity contribution is 7.91. The zero-order chi connectivity index (χ0) is 15.5. The van der Waals surface area contributed by atoms with Gasteiger partial charge < -0.3 is 14.2 Å². The Morgan fingerprint density at radius 1 is 1.29 bits per heavy atom. The van der Waals surface area contributed by atoms with Crippen molar-refractivity contribution in [1.29, 1.82) is 0 Å². The third kappa shape index (κ3) is 3.66. The first kappa shape index (κ1) is 15.6. The molecule has 0 fully saturated rings. The van der Waals surface area contributed by atoms with E-state index in [4.69, 9.17) is 14.2 Å². The zero-order valence-corrected chi connectivity index (χ0v) is 12.8. The van der Waals surface area contributed by atoms with Crippen molar-refractivity contribution >= 4 is 15.8 Å². The molecular weight excluding hydrogens is 296 g/mol. The van der Waals surface area contributed by atoms with Crippen LogP contribution < -0.4 is 9.47 Å². The lowest BCUT2D eigenvalue weighted by atomic mass is 10.2. The first-order chi connectivity index (χ1) is 9.94. The van der Waals surface area contributed by atoms with Crippen LogP contribution in [0.1, 0.15) is 13.8 Å². The molecule has 1 heterocycles. The first-order valence-corrected chi connectivity index (χ1v) is 8.38. The molecule has 0 saturated carbocycles. The number of esters is 1. The lowest BCUT2D eigenvalue weighted by Crippen LogP contribution is -2.23. The van der Waals surface area contributed by atoms with Crippen LogP contribution in [-0.4, -0.2) is 40.0 Å². The summed E-state index contributed by atoms with van der Waals surface area (Å²) in [6.07, 6.45) is 0. The second-order valence-electron chi connectivity index (χ2n) is 4.74. The number of benzene rings is 1. The second kappa shape index (κ2) is 6.34. The van der Waals surface area contributed by atoms with E-state index in [1.807, 2.05) is 0 Å². The fraction of sp³-hybridized carbons (Fsp3) is 0.500. The van der Waals surface area contributed by atoms with Gasteiger partial charge in [-0.15, -0.1) is 0 Å². The summed E-state index contributed by atoms with van der Waals surface area (Å²) in [6.45, 7) is 4.27. The van der Waals surface area contributed by atoms with Gasteiger partial charge in [0.2, 0.25) is 0 Å². The largest absolute Gasteiger partial charge is 0.486 e. The molecule has 116 valence electrons. The summed E-state index contributed by atoms with van der Waals surface area (Å²) in [7, 11) is -3.59. The molecule has 1 aliphatic rings. The number of sulfone groups is 1. The van der Waals surface area contributed by atoms with Crippen molar-refractivity contribution in [3.63, 3.8) is 0 Å². The Balaban J connectivity index is 2.18. The van der Waals surface area contributed by atoms with Gasteiger partial charge in [0.15, 0.2) is 21.3 Å². The van der Waals surface area contributed by atoms with Crippen LogP contribution in [0.3, 0.4) is 0 Å².